The molecule has 0 saturated heterocycles. The molecule has 4 fully saturated rings. The van der Waals surface area contributed by atoms with Crippen molar-refractivity contribution in [3.8, 4) is 0 Å². The normalized spacial score (nSPS) is 43.4. The number of hydrogen-bond donors (Lipinski definition) is 1. The topological polar surface area (TPSA) is 64.9 Å². The molecule has 0 radical (unpaired) electrons. The summed E-state index contributed by atoms with van der Waals surface area (Å²) < 4.78 is 4.87. The van der Waals surface area contributed by atoms with E-state index < -0.39 is 5.54 Å². The second-order valence-corrected chi connectivity index (χ2v) is 7.47. The number of aromatic nitrogens is 2. The Labute approximate surface area is 114 Å². The van der Waals surface area contributed by atoms with Crippen molar-refractivity contribution in [3.63, 3.8) is 0 Å². The zero-order valence-electron chi connectivity index (χ0n) is 11.6. The summed E-state index contributed by atoms with van der Waals surface area (Å²) in [5.74, 6) is 5.31. The predicted octanol–water partition coefficient (Wildman–Crippen LogP) is 2.71. The Morgan fingerprint density at radius 1 is 1.21 bits per heavy atom. The van der Waals surface area contributed by atoms with E-state index in [1.54, 1.807) is 0 Å². The fourth-order valence-corrected chi connectivity index (χ4v) is 5.37. The van der Waals surface area contributed by atoms with Crippen molar-refractivity contribution in [2.75, 3.05) is 0 Å². The molecule has 4 saturated carbocycles. The monoisotopic (exact) mass is 261 g/mol. The van der Waals surface area contributed by atoms with E-state index in [1.807, 2.05) is 0 Å². The lowest BCUT2D eigenvalue weighted by molar-refractivity contribution is -0.0478. The van der Waals surface area contributed by atoms with E-state index in [0.717, 1.165) is 36.0 Å². The molecule has 4 heteroatoms. The van der Waals surface area contributed by atoms with Crippen LogP contribution in [0.2, 0.25) is 0 Å². The van der Waals surface area contributed by atoms with Crippen LogP contribution in [0.15, 0.2) is 10.9 Å². The summed E-state index contributed by atoms with van der Waals surface area (Å²) in [6, 6.07) is 0. The Balaban J connectivity index is 1.54. The molecule has 4 bridgehead atoms. The van der Waals surface area contributed by atoms with Crippen LogP contribution in [0.5, 0.6) is 0 Å². The summed E-state index contributed by atoms with van der Waals surface area (Å²) in [5.41, 5.74) is 6.04. The van der Waals surface area contributed by atoms with Crippen LogP contribution in [0.3, 0.4) is 0 Å². The van der Waals surface area contributed by atoms with Gasteiger partial charge in [0.15, 0.2) is 5.82 Å². The lowest BCUT2D eigenvalue weighted by atomic mass is 9.50. The molecular weight excluding hydrogens is 238 g/mol. The molecule has 104 valence electrons. The maximum atomic E-state index is 6.48. The van der Waals surface area contributed by atoms with E-state index in [1.165, 1.54) is 38.5 Å². The van der Waals surface area contributed by atoms with Crippen molar-refractivity contribution in [2.45, 2.75) is 51.0 Å². The van der Waals surface area contributed by atoms with Crippen LogP contribution in [0.1, 0.15) is 51.3 Å². The van der Waals surface area contributed by atoms with Gasteiger partial charge in [0.05, 0.1) is 5.54 Å². The van der Waals surface area contributed by atoms with Crippen molar-refractivity contribution in [1.29, 1.82) is 0 Å². The highest BCUT2D eigenvalue weighted by Crippen LogP contribution is 2.58. The van der Waals surface area contributed by atoms with Crippen LogP contribution >= 0.6 is 0 Å². The molecule has 4 nitrogen and oxygen atoms in total. The summed E-state index contributed by atoms with van der Waals surface area (Å²) in [7, 11) is 0. The lowest BCUT2D eigenvalue weighted by Gasteiger charge is -2.55. The summed E-state index contributed by atoms with van der Waals surface area (Å²) in [5, 5.41) is 3.96. The molecule has 0 amide bonds. The highest BCUT2D eigenvalue weighted by molar-refractivity contribution is 5.05. The van der Waals surface area contributed by atoms with Crippen molar-refractivity contribution in [3.05, 3.63) is 12.2 Å². The van der Waals surface area contributed by atoms with Gasteiger partial charge in [-0.1, -0.05) is 5.16 Å². The maximum Gasteiger partial charge on any atom is 0.213 e. The van der Waals surface area contributed by atoms with Gasteiger partial charge in [0.25, 0.3) is 0 Å². The van der Waals surface area contributed by atoms with Gasteiger partial charge in [0.1, 0.15) is 0 Å². The zero-order chi connectivity index (χ0) is 13.0. The Bertz CT molecular complexity index is 426. The van der Waals surface area contributed by atoms with E-state index in [-0.39, 0.29) is 0 Å². The second-order valence-electron chi connectivity index (χ2n) is 7.47. The number of rotatable bonds is 3. The van der Waals surface area contributed by atoms with Crippen LogP contribution in [0.4, 0.5) is 0 Å². The highest BCUT2D eigenvalue weighted by atomic mass is 16.5. The molecular formula is C15H23N3O. The Morgan fingerprint density at radius 2 is 1.84 bits per heavy atom. The maximum absolute atomic E-state index is 6.48. The molecule has 1 heterocycles. The van der Waals surface area contributed by atoms with Gasteiger partial charge in [-0.05, 0) is 75.0 Å². The minimum Gasteiger partial charge on any atom is -0.343 e. The first-order valence-corrected chi connectivity index (χ1v) is 7.67. The predicted molar refractivity (Wildman–Crippen MR) is 71.0 cm³/mol. The minimum absolute atomic E-state index is 0.437. The van der Waals surface area contributed by atoms with Gasteiger partial charge >= 0.3 is 0 Å². The Hall–Kier alpha value is -0.900. The molecule has 1 aromatic rings. The average Bonchev–Trinajstić information content (AvgIpc) is 2.87. The average molecular weight is 261 g/mol. The molecule has 1 aromatic heterocycles. The zero-order valence-corrected chi connectivity index (χ0v) is 11.6. The molecule has 1 atom stereocenters. The van der Waals surface area contributed by atoms with Crippen molar-refractivity contribution in [2.24, 2.45) is 35.3 Å². The summed E-state index contributed by atoms with van der Waals surface area (Å²) in [4.78, 5) is 4.17. The van der Waals surface area contributed by atoms with Gasteiger partial charge in [0, 0.05) is 0 Å². The SMILES string of the molecule is CC(N)(CC1C2CC3CC(C2)CC1C3)c1ncon1. The lowest BCUT2D eigenvalue weighted by Crippen LogP contribution is -2.48. The second kappa shape index (κ2) is 4.05. The number of hydrogen-bond acceptors (Lipinski definition) is 4. The first-order valence-electron chi connectivity index (χ1n) is 7.67. The van der Waals surface area contributed by atoms with Crippen LogP contribution in [-0.2, 0) is 5.54 Å². The molecule has 0 spiro atoms. The van der Waals surface area contributed by atoms with Crippen LogP contribution in [0, 0.1) is 29.6 Å². The van der Waals surface area contributed by atoms with Crippen molar-refractivity contribution in [1.82, 2.24) is 10.1 Å². The van der Waals surface area contributed by atoms with E-state index in [0.29, 0.717) is 5.82 Å². The molecule has 5 rings (SSSR count). The van der Waals surface area contributed by atoms with Gasteiger partial charge in [-0.3, -0.25) is 0 Å². The summed E-state index contributed by atoms with van der Waals surface area (Å²) in [6.07, 6.45) is 9.68. The molecule has 0 aliphatic heterocycles. The van der Waals surface area contributed by atoms with Crippen LogP contribution in [-0.4, -0.2) is 10.1 Å². The van der Waals surface area contributed by atoms with E-state index in [9.17, 15) is 0 Å². The third kappa shape index (κ3) is 1.92. The molecule has 1 unspecified atom stereocenters. The summed E-state index contributed by atoms with van der Waals surface area (Å²) in [6.45, 7) is 2.06. The van der Waals surface area contributed by atoms with Gasteiger partial charge < -0.3 is 10.3 Å². The van der Waals surface area contributed by atoms with Crippen LogP contribution in [0.25, 0.3) is 0 Å². The molecule has 19 heavy (non-hydrogen) atoms. The fraction of sp³-hybridized carbons (Fsp3) is 0.867. The fourth-order valence-electron chi connectivity index (χ4n) is 5.37. The molecule has 4 aliphatic rings. The van der Waals surface area contributed by atoms with E-state index in [4.69, 9.17) is 10.3 Å². The smallest absolute Gasteiger partial charge is 0.213 e. The van der Waals surface area contributed by atoms with Gasteiger partial charge in [-0.2, -0.15) is 4.98 Å². The van der Waals surface area contributed by atoms with Gasteiger partial charge in [-0.25, -0.2) is 0 Å². The van der Waals surface area contributed by atoms with Crippen LogP contribution < -0.4 is 5.73 Å². The van der Waals surface area contributed by atoms with Gasteiger partial charge in [-0.15, -0.1) is 0 Å². The van der Waals surface area contributed by atoms with Crippen molar-refractivity contribution < 1.29 is 4.52 Å². The third-order valence-electron chi connectivity index (χ3n) is 5.95. The molecule has 0 aromatic carbocycles. The largest absolute Gasteiger partial charge is 0.343 e. The van der Waals surface area contributed by atoms with Gasteiger partial charge in [0.2, 0.25) is 6.39 Å². The highest BCUT2D eigenvalue weighted by Gasteiger charge is 2.49. The quantitative estimate of drug-likeness (QED) is 0.908. The Kier molecular flexibility index (Phi) is 2.53. The molecule has 4 aliphatic carbocycles. The molecule has 2 N–H and O–H groups in total. The number of nitrogens with zero attached hydrogens (tertiary/aromatic N) is 2. The van der Waals surface area contributed by atoms with E-state index in [2.05, 4.69) is 17.1 Å². The van der Waals surface area contributed by atoms with Crippen molar-refractivity contribution >= 4 is 0 Å². The number of nitrogens with two attached hydrogens (primary N) is 1. The summed E-state index contributed by atoms with van der Waals surface area (Å²) >= 11 is 0. The first-order chi connectivity index (χ1) is 9.12. The minimum atomic E-state index is -0.437. The Morgan fingerprint density at radius 3 is 2.37 bits per heavy atom. The third-order valence-corrected chi connectivity index (χ3v) is 5.95. The standard InChI is InChI=1S/C15H23N3O/c1-15(16,14-17-8-19-18-14)7-13-11-3-9-2-10(5-11)6-12(13)4-9/h8-13H,2-7,16H2,1H3. The van der Waals surface area contributed by atoms with E-state index >= 15 is 0 Å². The first kappa shape index (κ1) is 11.9.